The highest BCUT2D eigenvalue weighted by Gasteiger charge is 2.12. The predicted octanol–water partition coefficient (Wildman–Crippen LogP) is 3.04. The fourth-order valence-electron chi connectivity index (χ4n) is 1.94. The number of benzene rings is 1. The van der Waals surface area contributed by atoms with E-state index in [1.807, 2.05) is 37.3 Å². The zero-order valence-corrected chi connectivity index (χ0v) is 13.2. The lowest BCUT2D eigenvalue weighted by molar-refractivity contribution is 0.0934. The van der Waals surface area contributed by atoms with E-state index < -0.39 is 0 Å². The summed E-state index contributed by atoms with van der Waals surface area (Å²) < 4.78 is 0. The summed E-state index contributed by atoms with van der Waals surface area (Å²) in [6.45, 7) is 7.00. The first-order chi connectivity index (χ1) is 10.6. The summed E-state index contributed by atoms with van der Waals surface area (Å²) in [5, 5.41) is 6.09. The van der Waals surface area contributed by atoms with Gasteiger partial charge in [-0.15, -0.1) is 0 Å². The third-order valence-electron chi connectivity index (χ3n) is 3.22. The van der Waals surface area contributed by atoms with Crippen LogP contribution in [0.4, 0.5) is 5.82 Å². The molecule has 5 nitrogen and oxygen atoms in total. The highest BCUT2D eigenvalue weighted by molar-refractivity contribution is 5.92. The molecule has 0 aliphatic rings. The van der Waals surface area contributed by atoms with Crippen LogP contribution >= 0.6 is 0 Å². The van der Waals surface area contributed by atoms with Gasteiger partial charge in [-0.1, -0.05) is 44.2 Å². The topological polar surface area (TPSA) is 66.9 Å². The number of hydrogen-bond donors (Lipinski definition) is 2. The first-order valence-corrected chi connectivity index (χ1v) is 7.48. The van der Waals surface area contributed by atoms with Crippen LogP contribution in [0.3, 0.4) is 0 Å². The highest BCUT2D eigenvalue weighted by atomic mass is 16.1. The molecule has 0 bridgehead atoms. The van der Waals surface area contributed by atoms with Crippen molar-refractivity contribution >= 4 is 11.7 Å². The number of nitrogens with one attached hydrogen (secondary N) is 2. The molecule has 2 rings (SSSR count). The molecule has 5 heteroatoms. The number of amides is 1. The van der Waals surface area contributed by atoms with Crippen molar-refractivity contribution < 1.29 is 4.79 Å². The summed E-state index contributed by atoms with van der Waals surface area (Å²) in [6.07, 6.45) is 3.08. The number of rotatable bonds is 6. The van der Waals surface area contributed by atoms with Gasteiger partial charge in [0.1, 0.15) is 11.5 Å². The minimum Gasteiger partial charge on any atom is -0.369 e. The number of nitrogens with zero attached hydrogens (tertiary/aromatic N) is 2. The zero-order chi connectivity index (χ0) is 15.9. The fourth-order valence-corrected chi connectivity index (χ4v) is 1.94. The summed E-state index contributed by atoms with van der Waals surface area (Å²) >= 11 is 0. The Morgan fingerprint density at radius 3 is 2.41 bits per heavy atom. The van der Waals surface area contributed by atoms with Crippen LogP contribution in [0.15, 0.2) is 42.7 Å². The summed E-state index contributed by atoms with van der Waals surface area (Å²) in [5.41, 5.74) is 1.37. The molecule has 0 radical (unpaired) electrons. The maximum atomic E-state index is 12.2. The Hall–Kier alpha value is -2.43. The molecule has 1 aromatic heterocycles. The molecule has 2 N–H and O–H groups in total. The van der Waals surface area contributed by atoms with Gasteiger partial charge in [0, 0.05) is 6.54 Å². The normalized spacial score (nSPS) is 12.0. The Morgan fingerprint density at radius 2 is 1.82 bits per heavy atom. The maximum Gasteiger partial charge on any atom is 0.271 e. The maximum absolute atomic E-state index is 12.2. The predicted molar refractivity (Wildman–Crippen MR) is 87.7 cm³/mol. The molecular weight excluding hydrogens is 276 g/mol. The lowest BCUT2D eigenvalue weighted by Gasteiger charge is -2.14. The molecule has 1 atom stereocenters. The second-order valence-corrected chi connectivity index (χ2v) is 5.67. The van der Waals surface area contributed by atoms with Crippen LogP contribution in [0, 0.1) is 5.92 Å². The molecule has 116 valence electrons. The van der Waals surface area contributed by atoms with Crippen LogP contribution in [0.25, 0.3) is 0 Å². The van der Waals surface area contributed by atoms with Crippen LogP contribution < -0.4 is 10.6 Å². The third-order valence-corrected chi connectivity index (χ3v) is 3.22. The molecule has 0 saturated heterocycles. The van der Waals surface area contributed by atoms with E-state index in [2.05, 4.69) is 34.4 Å². The molecule has 1 heterocycles. The lowest BCUT2D eigenvalue weighted by atomic mass is 10.1. The summed E-state index contributed by atoms with van der Waals surface area (Å²) in [6, 6.07) is 9.74. The molecular formula is C17H22N4O. The molecule has 2 aromatic rings. The quantitative estimate of drug-likeness (QED) is 0.860. The standard InChI is InChI=1S/C17H22N4O/c1-12(2)9-19-16-11-18-15(10-20-16)17(22)21-13(3)14-7-5-4-6-8-14/h4-8,10-13H,9H2,1-3H3,(H,19,20)(H,21,22). The van der Waals surface area contributed by atoms with E-state index >= 15 is 0 Å². The minimum absolute atomic E-state index is 0.0748. The van der Waals surface area contributed by atoms with Crippen molar-refractivity contribution in [3.8, 4) is 0 Å². The summed E-state index contributed by atoms with van der Waals surface area (Å²) in [5.74, 6) is 0.983. The van der Waals surface area contributed by atoms with Crippen molar-refractivity contribution in [1.29, 1.82) is 0 Å². The van der Waals surface area contributed by atoms with Gasteiger partial charge in [0.15, 0.2) is 0 Å². The van der Waals surface area contributed by atoms with Gasteiger partial charge in [-0.05, 0) is 18.4 Å². The Bertz CT molecular complexity index is 596. The summed E-state index contributed by atoms with van der Waals surface area (Å²) in [4.78, 5) is 20.6. The van der Waals surface area contributed by atoms with Crippen LogP contribution in [-0.2, 0) is 0 Å². The molecule has 0 fully saturated rings. The fraction of sp³-hybridized carbons (Fsp3) is 0.353. The van der Waals surface area contributed by atoms with E-state index in [4.69, 9.17) is 0 Å². The average molecular weight is 298 g/mol. The second-order valence-electron chi connectivity index (χ2n) is 5.67. The van der Waals surface area contributed by atoms with Gasteiger partial charge in [-0.2, -0.15) is 0 Å². The Balaban J connectivity index is 1.95. The molecule has 0 aliphatic carbocycles. The SMILES string of the molecule is CC(C)CNc1cnc(C(=O)NC(C)c2ccccc2)cn1. The van der Waals surface area contributed by atoms with E-state index in [9.17, 15) is 4.79 Å². The van der Waals surface area contributed by atoms with E-state index in [1.165, 1.54) is 6.20 Å². The van der Waals surface area contributed by atoms with E-state index in [-0.39, 0.29) is 11.9 Å². The highest BCUT2D eigenvalue weighted by Crippen LogP contribution is 2.12. The van der Waals surface area contributed by atoms with Gasteiger partial charge in [-0.25, -0.2) is 9.97 Å². The zero-order valence-electron chi connectivity index (χ0n) is 13.2. The Morgan fingerprint density at radius 1 is 1.09 bits per heavy atom. The van der Waals surface area contributed by atoms with Crippen LogP contribution in [0.5, 0.6) is 0 Å². The number of hydrogen-bond acceptors (Lipinski definition) is 4. The van der Waals surface area contributed by atoms with Crippen molar-refractivity contribution in [1.82, 2.24) is 15.3 Å². The smallest absolute Gasteiger partial charge is 0.271 e. The number of carbonyl (C=O) groups is 1. The first-order valence-electron chi connectivity index (χ1n) is 7.48. The van der Waals surface area contributed by atoms with Gasteiger partial charge < -0.3 is 10.6 Å². The molecule has 0 saturated carbocycles. The van der Waals surface area contributed by atoms with Crippen LogP contribution in [0.2, 0.25) is 0 Å². The van der Waals surface area contributed by atoms with E-state index in [1.54, 1.807) is 6.20 Å². The van der Waals surface area contributed by atoms with Crippen molar-refractivity contribution in [2.45, 2.75) is 26.8 Å². The molecule has 22 heavy (non-hydrogen) atoms. The number of aromatic nitrogens is 2. The van der Waals surface area contributed by atoms with Crippen molar-refractivity contribution in [2.75, 3.05) is 11.9 Å². The number of carbonyl (C=O) groups excluding carboxylic acids is 1. The van der Waals surface area contributed by atoms with Gasteiger partial charge in [0.2, 0.25) is 0 Å². The lowest BCUT2D eigenvalue weighted by Crippen LogP contribution is -2.27. The van der Waals surface area contributed by atoms with Gasteiger partial charge in [0.25, 0.3) is 5.91 Å². The molecule has 1 aromatic carbocycles. The van der Waals surface area contributed by atoms with Crippen molar-refractivity contribution in [2.24, 2.45) is 5.92 Å². The Kier molecular flexibility index (Phi) is 5.47. The second kappa shape index (κ2) is 7.54. The molecule has 0 aliphatic heterocycles. The monoisotopic (exact) mass is 298 g/mol. The minimum atomic E-state index is -0.223. The third kappa shape index (κ3) is 4.55. The van der Waals surface area contributed by atoms with Crippen molar-refractivity contribution in [3.05, 3.63) is 54.0 Å². The first kappa shape index (κ1) is 15.9. The summed E-state index contributed by atoms with van der Waals surface area (Å²) in [7, 11) is 0. The van der Waals surface area contributed by atoms with Gasteiger partial charge in [0.05, 0.1) is 18.4 Å². The largest absolute Gasteiger partial charge is 0.369 e. The molecule has 0 spiro atoms. The van der Waals surface area contributed by atoms with Gasteiger partial charge >= 0.3 is 0 Å². The Labute approximate surface area is 131 Å². The van der Waals surface area contributed by atoms with E-state index in [0.717, 1.165) is 12.1 Å². The molecule has 1 amide bonds. The van der Waals surface area contributed by atoms with Crippen LogP contribution in [-0.4, -0.2) is 22.4 Å². The van der Waals surface area contributed by atoms with Crippen molar-refractivity contribution in [3.63, 3.8) is 0 Å². The van der Waals surface area contributed by atoms with Gasteiger partial charge in [-0.3, -0.25) is 4.79 Å². The molecule has 1 unspecified atom stereocenters. The number of anilines is 1. The van der Waals surface area contributed by atoms with Crippen LogP contribution in [0.1, 0.15) is 42.9 Å². The van der Waals surface area contributed by atoms with E-state index in [0.29, 0.717) is 17.4 Å². The average Bonchev–Trinajstić information content (AvgIpc) is 2.54.